The Hall–Kier alpha value is -3.84. The summed E-state index contributed by atoms with van der Waals surface area (Å²) in [5.41, 5.74) is -1.54. The van der Waals surface area contributed by atoms with Gasteiger partial charge in [0.15, 0.2) is 17.2 Å². The quantitative estimate of drug-likeness (QED) is 0.493. The first kappa shape index (κ1) is 26.8. The molecule has 0 N–H and O–H groups in total. The molecule has 1 atom stereocenters. The average Bonchev–Trinajstić information content (AvgIpc) is 3.51. The van der Waals surface area contributed by atoms with Gasteiger partial charge in [0.2, 0.25) is 5.91 Å². The number of ether oxygens (including phenoxy) is 1. The Balaban J connectivity index is 1.34. The number of hydrogen-bond donors (Lipinski definition) is 0. The minimum atomic E-state index is -4.70. The van der Waals surface area contributed by atoms with Crippen molar-refractivity contribution in [3.05, 3.63) is 30.5 Å². The molecule has 39 heavy (non-hydrogen) atoms. The predicted molar refractivity (Wildman–Crippen MR) is 135 cm³/mol. The van der Waals surface area contributed by atoms with E-state index < -0.39 is 23.6 Å². The summed E-state index contributed by atoms with van der Waals surface area (Å²) >= 11 is 0. The second-order valence-corrected chi connectivity index (χ2v) is 10.9. The van der Waals surface area contributed by atoms with Crippen molar-refractivity contribution in [2.75, 3.05) is 37.6 Å². The van der Waals surface area contributed by atoms with Gasteiger partial charge in [0.05, 0.1) is 6.20 Å². The van der Waals surface area contributed by atoms with Crippen molar-refractivity contribution in [3.63, 3.8) is 0 Å². The third kappa shape index (κ3) is 5.36. The number of anilines is 1. The number of aromatic nitrogens is 5. The minimum absolute atomic E-state index is 0.138. The highest BCUT2D eigenvalue weighted by Crippen LogP contribution is 2.39. The van der Waals surface area contributed by atoms with Crippen LogP contribution >= 0.6 is 0 Å². The topological polar surface area (TPSA) is 101 Å². The van der Waals surface area contributed by atoms with E-state index in [9.17, 15) is 22.8 Å². The molecule has 3 aromatic heterocycles. The van der Waals surface area contributed by atoms with Gasteiger partial charge in [-0.2, -0.15) is 18.3 Å². The molecule has 0 aliphatic carbocycles. The fourth-order valence-corrected chi connectivity index (χ4v) is 4.74. The molecular weight excluding hydrogens is 517 g/mol. The number of carbonyl (C=O) groups is 2. The monoisotopic (exact) mass is 548 g/mol. The molecule has 2 fully saturated rings. The molecule has 0 unspecified atom stereocenters. The largest absolute Gasteiger partial charge is 0.444 e. The summed E-state index contributed by atoms with van der Waals surface area (Å²) in [5.74, 6) is 0.131. The zero-order valence-electron chi connectivity index (χ0n) is 22.3. The van der Waals surface area contributed by atoms with Gasteiger partial charge in [-0.05, 0) is 34.1 Å². The highest BCUT2D eigenvalue weighted by atomic mass is 19.4. The van der Waals surface area contributed by atoms with E-state index in [0.29, 0.717) is 38.5 Å². The van der Waals surface area contributed by atoms with Crippen LogP contribution in [0.25, 0.3) is 16.9 Å². The van der Waals surface area contributed by atoms with Crippen LogP contribution in [0.4, 0.5) is 23.8 Å². The predicted octanol–water partition coefficient (Wildman–Crippen LogP) is 3.29. The molecule has 0 spiro atoms. The Morgan fingerprint density at radius 1 is 1.08 bits per heavy atom. The fraction of sp³-hybridized carbons (Fsp3) is 0.560. The molecule has 2 amide bonds. The highest BCUT2D eigenvalue weighted by molar-refractivity contribution is 5.77. The van der Waals surface area contributed by atoms with Crippen molar-refractivity contribution in [2.45, 2.75) is 58.5 Å². The molecule has 0 saturated carbocycles. The van der Waals surface area contributed by atoms with Crippen LogP contribution in [0.15, 0.2) is 24.8 Å². The highest BCUT2D eigenvalue weighted by Gasteiger charge is 2.40. The van der Waals surface area contributed by atoms with Gasteiger partial charge in [0.25, 0.3) is 0 Å². The normalized spacial score (nSPS) is 18.4. The summed E-state index contributed by atoms with van der Waals surface area (Å²) in [6.45, 7) is 9.16. The molecule has 11 nitrogen and oxygen atoms in total. The number of amides is 2. The summed E-state index contributed by atoms with van der Waals surface area (Å²) in [4.78, 5) is 38.9. The number of fused-ring (bicyclic) bond motifs is 1. The van der Waals surface area contributed by atoms with Gasteiger partial charge in [0, 0.05) is 62.9 Å². The van der Waals surface area contributed by atoms with Crippen LogP contribution in [0.2, 0.25) is 0 Å². The van der Waals surface area contributed by atoms with Crippen molar-refractivity contribution in [1.82, 2.24) is 33.9 Å². The number of rotatable bonds is 4. The van der Waals surface area contributed by atoms with Gasteiger partial charge >= 0.3 is 12.3 Å². The van der Waals surface area contributed by atoms with E-state index in [1.165, 1.54) is 29.5 Å². The second-order valence-electron chi connectivity index (χ2n) is 10.9. The zero-order valence-corrected chi connectivity index (χ0v) is 22.3. The lowest BCUT2D eigenvalue weighted by Gasteiger charge is -2.40. The second kappa shape index (κ2) is 9.72. The number of nitrogens with zero attached hydrogens (tertiary/aromatic N) is 8. The lowest BCUT2D eigenvalue weighted by Crippen LogP contribution is -2.52. The molecule has 14 heteroatoms. The Morgan fingerprint density at radius 3 is 2.36 bits per heavy atom. The van der Waals surface area contributed by atoms with E-state index in [-0.39, 0.29) is 35.4 Å². The van der Waals surface area contributed by atoms with E-state index in [1.807, 2.05) is 11.8 Å². The molecule has 2 aliphatic rings. The van der Waals surface area contributed by atoms with Crippen LogP contribution in [-0.4, -0.2) is 90.3 Å². The number of carbonyl (C=O) groups excluding carboxylic acids is 2. The molecule has 0 aromatic carbocycles. The smallest absolute Gasteiger partial charge is 0.433 e. The first-order valence-electron chi connectivity index (χ1n) is 12.8. The number of alkyl halides is 3. The lowest BCUT2D eigenvalue weighted by molar-refractivity contribution is -0.141. The summed E-state index contributed by atoms with van der Waals surface area (Å²) in [5, 5.41) is 4.16. The van der Waals surface area contributed by atoms with Crippen molar-refractivity contribution in [2.24, 2.45) is 0 Å². The Labute approximate surface area is 223 Å². The van der Waals surface area contributed by atoms with E-state index in [2.05, 4.69) is 15.1 Å². The zero-order chi connectivity index (χ0) is 28.1. The van der Waals surface area contributed by atoms with Crippen LogP contribution in [0.3, 0.4) is 0 Å². The Morgan fingerprint density at radius 2 is 1.77 bits per heavy atom. The molecule has 5 heterocycles. The molecule has 5 rings (SSSR count). The van der Waals surface area contributed by atoms with Crippen molar-refractivity contribution in [3.8, 4) is 11.3 Å². The standard InChI is InChI=1S/C25H31F3N8O3/c1-16-5-7-35(16)22-21-29-6-8-36(21)20(25(26,27)28)19(31-22)17-13-30-34(14-17)15-18(37)32-9-11-33(12-10-32)23(38)39-24(2,3)4/h6,8,13-14,16H,5,7,9-12,15H2,1-4H3/t16-/m0/s1. The molecule has 2 aliphatic heterocycles. The summed E-state index contributed by atoms with van der Waals surface area (Å²) in [7, 11) is 0. The number of piperazine rings is 1. The van der Waals surface area contributed by atoms with Crippen molar-refractivity contribution < 1.29 is 27.5 Å². The van der Waals surface area contributed by atoms with Crippen LogP contribution in [0.5, 0.6) is 0 Å². The minimum Gasteiger partial charge on any atom is -0.444 e. The fourth-order valence-electron chi connectivity index (χ4n) is 4.74. The lowest BCUT2D eigenvalue weighted by atomic mass is 10.1. The number of imidazole rings is 1. The molecule has 2 saturated heterocycles. The van der Waals surface area contributed by atoms with Gasteiger partial charge in [-0.3, -0.25) is 13.9 Å². The summed E-state index contributed by atoms with van der Waals surface area (Å²) < 4.78 is 50.5. The van der Waals surface area contributed by atoms with Crippen molar-refractivity contribution >= 4 is 23.5 Å². The molecule has 0 bridgehead atoms. The Kier molecular flexibility index (Phi) is 6.67. The van der Waals surface area contributed by atoms with E-state index in [1.54, 1.807) is 30.6 Å². The van der Waals surface area contributed by atoms with E-state index in [0.717, 1.165) is 10.8 Å². The van der Waals surface area contributed by atoms with Gasteiger partial charge in [-0.1, -0.05) is 0 Å². The van der Waals surface area contributed by atoms with Gasteiger partial charge in [-0.25, -0.2) is 14.8 Å². The summed E-state index contributed by atoms with van der Waals surface area (Å²) in [6.07, 6.45) is 1.08. The first-order valence-corrected chi connectivity index (χ1v) is 12.8. The number of hydrogen-bond acceptors (Lipinski definition) is 7. The first-order chi connectivity index (χ1) is 18.3. The SMILES string of the molecule is C[C@H]1CCN1c1nc(-c2cnn(CC(=O)N3CCN(C(=O)OC(C)(C)C)CC3)c2)c(C(F)(F)F)n2ccnc12. The molecule has 210 valence electrons. The third-order valence-corrected chi connectivity index (χ3v) is 6.87. The van der Waals surface area contributed by atoms with Crippen LogP contribution in [-0.2, 0) is 22.3 Å². The average molecular weight is 549 g/mol. The number of halogens is 3. The Bertz CT molecular complexity index is 1390. The summed E-state index contributed by atoms with van der Waals surface area (Å²) in [6, 6.07) is 0.138. The van der Waals surface area contributed by atoms with Crippen molar-refractivity contribution in [1.29, 1.82) is 0 Å². The van der Waals surface area contributed by atoms with Crippen LogP contribution in [0.1, 0.15) is 39.8 Å². The molecule has 3 aromatic rings. The van der Waals surface area contributed by atoms with Gasteiger partial charge in [0.1, 0.15) is 17.8 Å². The maximum absolute atomic E-state index is 14.3. The van der Waals surface area contributed by atoms with Gasteiger partial charge in [-0.15, -0.1) is 0 Å². The maximum Gasteiger partial charge on any atom is 0.433 e. The van der Waals surface area contributed by atoms with E-state index >= 15 is 0 Å². The van der Waals surface area contributed by atoms with Crippen LogP contribution < -0.4 is 4.90 Å². The molecular formula is C25H31F3N8O3. The third-order valence-electron chi connectivity index (χ3n) is 6.87. The molecule has 0 radical (unpaired) electrons. The van der Waals surface area contributed by atoms with Gasteiger partial charge < -0.3 is 19.4 Å². The van der Waals surface area contributed by atoms with Crippen LogP contribution in [0, 0.1) is 0 Å². The van der Waals surface area contributed by atoms with E-state index in [4.69, 9.17) is 4.74 Å². The maximum atomic E-state index is 14.3.